The van der Waals surface area contributed by atoms with E-state index in [9.17, 15) is 14.4 Å². The number of benzene rings is 2. The molecular formula is C24H28N4O3. The molecule has 7 heteroatoms. The van der Waals surface area contributed by atoms with Crippen molar-refractivity contribution in [1.82, 2.24) is 9.55 Å². The zero-order chi connectivity index (χ0) is 22.6. The van der Waals surface area contributed by atoms with Crippen molar-refractivity contribution in [3.05, 3.63) is 64.7 Å². The quantitative estimate of drug-likeness (QED) is 0.628. The Morgan fingerprint density at radius 3 is 2.29 bits per heavy atom. The van der Waals surface area contributed by atoms with Gasteiger partial charge in [-0.25, -0.2) is 4.98 Å². The van der Waals surface area contributed by atoms with Crippen LogP contribution >= 0.6 is 0 Å². The maximum atomic E-state index is 12.6. The zero-order valence-corrected chi connectivity index (χ0v) is 18.4. The predicted octanol–water partition coefficient (Wildman–Crippen LogP) is 4.11. The van der Waals surface area contributed by atoms with Crippen LogP contribution in [0.15, 0.2) is 53.6 Å². The van der Waals surface area contributed by atoms with Crippen molar-refractivity contribution in [2.24, 2.45) is 5.41 Å². The number of carbonyl (C=O) groups excluding carboxylic acids is 2. The van der Waals surface area contributed by atoms with Gasteiger partial charge in [0.15, 0.2) is 0 Å². The molecule has 0 atom stereocenters. The van der Waals surface area contributed by atoms with Gasteiger partial charge in [-0.2, -0.15) is 0 Å². The van der Waals surface area contributed by atoms with E-state index < -0.39 is 5.41 Å². The molecule has 2 aromatic carbocycles. The molecule has 1 aromatic heterocycles. The number of carbonyl (C=O) groups is 2. The normalized spacial score (nSPS) is 11.4. The van der Waals surface area contributed by atoms with Crippen LogP contribution in [0.3, 0.4) is 0 Å². The third-order valence-electron chi connectivity index (χ3n) is 4.97. The van der Waals surface area contributed by atoms with Crippen molar-refractivity contribution < 1.29 is 9.59 Å². The summed E-state index contributed by atoms with van der Waals surface area (Å²) >= 11 is 0. The molecule has 0 bridgehead atoms. The highest BCUT2D eigenvalue weighted by atomic mass is 16.2. The van der Waals surface area contributed by atoms with Gasteiger partial charge >= 0.3 is 0 Å². The molecule has 2 amide bonds. The van der Waals surface area contributed by atoms with E-state index in [-0.39, 0.29) is 23.8 Å². The van der Waals surface area contributed by atoms with Crippen molar-refractivity contribution in [3.63, 3.8) is 0 Å². The third kappa shape index (κ3) is 5.57. The van der Waals surface area contributed by atoms with Gasteiger partial charge < -0.3 is 10.6 Å². The second-order valence-electron chi connectivity index (χ2n) is 8.65. The lowest BCUT2D eigenvalue weighted by Gasteiger charge is -2.17. The number of hydrogen-bond acceptors (Lipinski definition) is 4. The Kier molecular flexibility index (Phi) is 6.53. The minimum atomic E-state index is -0.478. The minimum Gasteiger partial charge on any atom is -0.326 e. The summed E-state index contributed by atoms with van der Waals surface area (Å²) in [6.07, 6.45) is 2.34. The first-order chi connectivity index (χ1) is 14.6. The van der Waals surface area contributed by atoms with E-state index in [0.29, 0.717) is 35.2 Å². The molecule has 0 saturated heterocycles. The van der Waals surface area contributed by atoms with Crippen LogP contribution < -0.4 is 16.2 Å². The maximum absolute atomic E-state index is 12.6. The molecule has 162 valence electrons. The van der Waals surface area contributed by atoms with E-state index in [0.717, 1.165) is 5.56 Å². The van der Waals surface area contributed by atoms with Gasteiger partial charge in [-0.05, 0) is 49.2 Å². The number of aromatic nitrogens is 2. The fourth-order valence-electron chi connectivity index (χ4n) is 3.09. The lowest BCUT2D eigenvalue weighted by molar-refractivity contribution is -0.123. The van der Waals surface area contributed by atoms with Gasteiger partial charge in [-0.15, -0.1) is 0 Å². The van der Waals surface area contributed by atoms with Gasteiger partial charge in [0.25, 0.3) is 5.56 Å². The van der Waals surface area contributed by atoms with E-state index in [2.05, 4.69) is 15.6 Å². The van der Waals surface area contributed by atoms with Crippen LogP contribution in [-0.2, 0) is 16.1 Å². The molecule has 0 fully saturated rings. The number of aryl methyl sites for hydroxylation is 2. The molecule has 1 heterocycles. The average molecular weight is 421 g/mol. The zero-order valence-electron chi connectivity index (χ0n) is 18.4. The van der Waals surface area contributed by atoms with Gasteiger partial charge in [0.1, 0.15) is 0 Å². The SMILES string of the molecule is Cc1cccc2c(=O)n(CCCC(=O)Nc3ccc(NC(=O)C(C)(C)C)cc3)cnc12. The number of nitrogens with zero attached hydrogens (tertiary/aromatic N) is 2. The Hall–Kier alpha value is -3.48. The van der Waals surface area contributed by atoms with Crippen LogP contribution in [0.1, 0.15) is 39.2 Å². The first-order valence-electron chi connectivity index (χ1n) is 10.3. The molecule has 0 aliphatic heterocycles. The summed E-state index contributed by atoms with van der Waals surface area (Å²) in [5, 5.41) is 6.27. The van der Waals surface area contributed by atoms with Crippen LogP contribution in [-0.4, -0.2) is 21.4 Å². The smallest absolute Gasteiger partial charge is 0.261 e. The summed E-state index contributed by atoms with van der Waals surface area (Å²) in [5.41, 5.74) is 2.43. The van der Waals surface area contributed by atoms with Crippen LogP contribution in [0.25, 0.3) is 10.9 Å². The molecule has 0 saturated carbocycles. The summed E-state index contributed by atoms with van der Waals surface area (Å²) in [6.45, 7) is 7.88. The minimum absolute atomic E-state index is 0.0714. The van der Waals surface area contributed by atoms with Crippen molar-refractivity contribution in [1.29, 1.82) is 0 Å². The van der Waals surface area contributed by atoms with Gasteiger partial charge in [0, 0.05) is 29.8 Å². The van der Waals surface area contributed by atoms with Gasteiger partial charge in [-0.1, -0.05) is 32.9 Å². The number of rotatable bonds is 6. The average Bonchev–Trinajstić information content (AvgIpc) is 2.71. The highest BCUT2D eigenvalue weighted by Crippen LogP contribution is 2.19. The summed E-state index contributed by atoms with van der Waals surface area (Å²) in [6, 6.07) is 12.5. The van der Waals surface area contributed by atoms with Crippen LogP contribution in [0.5, 0.6) is 0 Å². The first kappa shape index (κ1) is 22.2. The Labute approximate surface area is 181 Å². The van der Waals surface area contributed by atoms with Gasteiger partial charge in [0.2, 0.25) is 11.8 Å². The summed E-state index contributed by atoms with van der Waals surface area (Å²) in [5.74, 6) is -0.206. The molecule has 3 rings (SSSR count). The van der Waals surface area contributed by atoms with E-state index >= 15 is 0 Å². The molecule has 7 nitrogen and oxygen atoms in total. The fourth-order valence-corrected chi connectivity index (χ4v) is 3.09. The fraction of sp³-hybridized carbons (Fsp3) is 0.333. The summed E-state index contributed by atoms with van der Waals surface area (Å²) < 4.78 is 1.54. The monoisotopic (exact) mass is 420 g/mol. The van der Waals surface area contributed by atoms with Gasteiger partial charge in [0.05, 0.1) is 17.2 Å². The number of fused-ring (bicyclic) bond motifs is 1. The molecule has 0 radical (unpaired) electrons. The van der Waals surface area contributed by atoms with Crippen LogP contribution in [0, 0.1) is 12.3 Å². The standard InChI is InChI=1S/C24H28N4O3/c1-16-7-5-8-19-21(16)25-15-28(22(19)30)14-6-9-20(29)26-17-10-12-18(13-11-17)27-23(31)24(2,3)4/h5,7-8,10-13,15H,6,9,14H2,1-4H3,(H,26,29)(H,27,31). The number of anilines is 2. The Morgan fingerprint density at radius 2 is 1.65 bits per heavy atom. The van der Waals surface area contributed by atoms with Gasteiger partial charge in [-0.3, -0.25) is 19.0 Å². The van der Waals surface area contributed by atoms with Crippen molar-refractivity contribution in [3.8, 4) is 0 Å². The Balaban J connectivity index is 1.53. The number of amides is 2. The maximum Gasteiger partial charge on any atom is 0.261 e. The van der Waals surface area contributed by atoms with Crippen molar-refractivity contribution >= 4 is 34.1 Å². The second-order valence-corrected chi connectivity index (χ2v) is 8.65. The molecule has 0 aliphatic carbocycles. The highest BCUT2D eigenvalue weighted by molar-refractivity contribution is 5.95. The Morgan fingerprint density at radius 1 is 1.00 bits per heavy atom. The molecule has 2 N–H and O–H groups in total. The highest BCUT2D eigenvalue weighted by Gasteiger charge is 2.21. The van der Waals surface area contributed by atoms with Crippen LogP contribution in [0.2, 0.25) is 0 Å². The first-order valence-corrected chi connectivity index (χ1v) is 10.3. The molecular weight excluding hydrogens is 392 g/mol. The molecule has 31 heavy (non-hydrogen) atoms. The summed E-state index contributed by atoms with van der Waals surface area (Å²) in [7, 11) is 0. The Bertz CT molecular complexity index is 1160. The molecule has 0 spiro atoms. The summed E-state index contributed by atoms with van der Waals surface area (Å²) in [4.78, 5) is 41.3. The topological polar surface area (TPSA) is 93.1 Å². The van der Waals surface area contributed by atoms with E-state index in [1.165, 1.54) is 0 Å². The number of para-hydroxylation sites is 1. The lowest BCUT2D eigenvalue weighted by Crippen LogP contribution is -2.27. The lowest BCUT2D eigenvalue weighted by atomic mass is 9.95. The van der Waals surface area contributed by atoms with Crippen molar-refractivity contribution in [2.45, 2.75) is 47.1 Å². The number of nitrogens with one attached hydrogen (secondary N) is 2. The molecule has 3 aromatic rings. The predicted molar refractivity (Wildman–Crippen MR) is 123 cm³/mol. The number of hydrogen-bond donors (Lipinski definition) is 2. The van der Waals surface area contributed by atoms with E-state index in [1.807, 2.05) is 39.8 Å². The second kappa shape index (κ2) is 9.12. The van der Waals surface area contributed by atoms with Crippen LogP contribution in [0.4, 0.5) is 11.4 Å². The van der Waals surface area contributed by atoms with E-state index in [4.69, 9.17) is 0 Å². The molecule has 0 aliphatic rings. The third-order valence-corrected chi connectivity index (χ3v) is 4.97. The molecule has 0 unspecified atom stereocenters. The largest absolute Gasteiger partial charge is 0.326 e. The van der Waals surface area contributed by atoms with E-state index in [1.54, 1.807) is 41.2 Å². The van der Waals surface area contributed by atoms with Crippen molar-refractivity contribution in [2.75, 3.05) is 10.6 Å².